The lowest BCUT2D eigenvalue weighted by atomic mass is 9.92. The summed E-state index contributed by atoms with van der Waals surface area (Å²) in [4.78, 5) is 32.1. The van der Waals surface area contributed by atoms with E-state index >= 15 is 0 Å². The molecule has 0 aliphatic heterocycles. The number of hydrogen-bond acceptors (Lipinski definition) is 6. The van der Waals surface area contributed by atoms with Gasteiger partial charge in [-0.1, -0.05) is 247 Å². The Morgan fingerprint density at radius 1 is 0.195 bits per heavy atom. The summed E-state index contributed by atoms with van der Waals surface area (Å²) in [5.74, 6) is 2.65. The zero-order chi connectivity index (χ0) is 80.8. The van der Waals surface area contributed by atoms with E-state index in [4.69, 9.17) is 29.9 Å². The first-order valence-electron chi connectivity index (χ1n) is 39.0. The van der Waals surface area contributed by atoms with Crippen molar-refractivity contribution in [2.45, 2.75) is 53.9 Å². The van der Waals surface area contributed by atoms with Gasteiger partial charge in [0.1, 0.15) is 0 Å². The van der Waals surface area contributed by atoms with Crippen LogP contribution >= 0.6 is 0 Å². The van der Waals surface area contributed by atoms with Crippen LogP contribution < -0.4 is 0 Å². The normalized spacial score (nSPS) is 11.9. The van der Waals surface area contributed by atoms with Crippen molar-refractivity contribution >= 4 is 43.6 Å². The second kappa shape index (κ2) is 29.4. The fraction of sp³-hybridized carbons (Fsp3) is 0.0769. The molecule has 0 aliphatic carbocycles. The van der Waals surface area contributed by atoms with Gasteiger partial charge < -0.3 is 9.13 Å². The second-order valence-corrected chi connectivity index (χ2v) is 30.6. The molecular formula is C104H72F6N8. The first kappa shape index (κ1) is 73.7. The van der Waals surface area contributed by atoms with E-state index in [-0.39, 0.29) is 0 Å². The molecule has 0 unspecified atom stereocenters. The first-order chi connectivity index (χ1) is 57.1. The molecule has 4 aromatic heterocycles. The van der Waals surface area contributed by atoms with Gasteiger partial charge in [0, 0.05) is 66.3 Å². The van der Waals surface area contributed by atoms with Gasteiger partial charge in [0.2, 0.25) is 0 Å². The maximum Gasteiger partial charge on any atom is 0.416 e. The molecular weight excluding hydrogens is 1480 g/mol. The molecule has 570 valence electrons. The summed E-state index contributed by atoms with van der Waals surface area (Å²) in [6.07, 6.45) is -9.11. The van der Waals surface area contributed by atoms with E-state index in [1.807, 2.05) is 164 Å². The Morgan fingerprint density at radius 2 is 0.458 bits per heavy atom. The minimum absolute atomic E-state index is 0.400. The maximum absolute atomic E-state index is 14.6. The van der Waals surface area contributed by atoms with E-state index < -0.39 is 23.5 Å². The van der Waals surface area contributed by atoms with Crippen LogP contribution in [0.1, 0.15) is 44.5 Å². The van der Waals surface area contributed by atoms with Crippen molar-refractivity contribution in [1.29, 1.82) is 0 Å². The number of nitrogens with zero attached hydrogens (tertiary/aromatic N) is 8. The molecule has 0 spiro atoms. The number of rotatable bonds is 14. The van der Waals surface area contributed by atoms with Gasteiger partial charge in [-0.3, -0.25) is 0 Å². The third-order valence-corrected chi connectivity index (χ3v) is 22.0. The molecule has 4 heterocycles. The molecule has 0 radical (unpaired) electrons. The Bertz CT molecular complexity index is 6630. The number of hydrogen-bond donors (Lipinski definition) is 0. The molecule has 0 N–H and O–H groups in total. The van der Waals surface area contributed by atoms with Gasteiger partial charge in [-0.05, 0) is 223 Å². The quantitative estimate of drug-likeness (QED) is 0.101. The summed E-state index contributed by atoms with van der Waals surface area (Å²) >= 11 is 0. The number of aryl methyl sites for hydroxylation is 6. The van der Waals surface area contributed by atoms with Crippen molar-refractivity contribution in [2.24, 2.45) is 0 Å². The first-order valence-corrected chi connectivity index (χ1v) is 39.0. The van der Waals surface area contributed by atoms with Crippen LogP contribution in [0.2, 0.25) is 0 Å². The Hall–Kier alpha value is -14.5. The second-order valence-electron chi connectivity index (χ2n) is 30.6. The highest BCUT2D eigenvalue weighted by Gasteiger charge is 2.33. The largest absolute Gasteiger partial charge is 0.416 e. The predicted octanol–water partition coefficient (Wildman–Crippen LogP) is 28.1. The molecule has 0 atom stereocenters. The summed E-state index contributed by atoms with van der Waals surface area (Å²) < 4.78 is 92.2. The van der Waals surface area contributed by atoms with Crippen molar-refractivity contribution in [2.75, 3.05) is 0 Å². The molecule has 0 fully saturated rings. The van der Waals surface area contributed by atoms with E-state index in [0.29, 0.717) is 79.5 Å². The standard InChI is InChI=1S/C104H72F6N8/c1-61-42-62(2)45-77(44-61)71-30-38-93-87(55-71)89-57-73(79-48-65(5)50-81(53-79)103(105,106)107)32-40-95(89)117(93)83-34-36-85(91(59-83)101-113-97(67-20-11-7-12-21-67)111-98(114-101)68-22-13-8-14-23-68)75-28-19-29-76(52-75)86-37-35-84(60-92(86)102-115-99(69-24-15-9-16-25-69)112-100(116-102)70-26-17-10-18-27-70)118-94-39-31-72(78-46-63(3)43-64(4)47-78)56-88(94)90-58-74(33-41-96(90)118)80-49-66(6)51-82(54-80)104(108,109)110/h7-60H,1-6H3. The average molecular weight is 1550 g/mol. The number of halogens is 6. The van der Waals surface area contributed by atoms with Gasteiger partial charge in [-0.25, -0.2) is 29.9 Å². The van der Waals surface area contributed by atoms with Crippen LogP contribution in [0.5, 0.6) is 0 Å². The number of benzene rings is 15. The fourth-order valence-electron chi connectivity index (χ4n) is 16.8. The molecule has 0 amide bonds. The fourth-order valence-corrected chi connectivity index (χ4v) is 16.8. The highest BCUT2D eigenvalue weighted by atomic mass is 19.4. The van der Waals surface area contributed by atoms with Gasteiger partial charge in [0.15, 0.2) is 34.9 Å². The topological polar surface area (TPSA) is 87.2 Å². The van der Waals surface area contributed by atoms with Crippen LogP contribution in [-0.4, -0.2) is 39.0 Å². The van der Waals surface area contributed by atoms with Crippen molar-refractivity contribution in [1.82, 2.24) is 39.0 Å². The molecule has 19 rings (SSSR count). The van der Waals surface area contributed by atoms with E-state index in [9.17, 15) is 26.3 Å². The zero-order valence-electron chi connectivity index (χ0n) is 65.0. The Morgan fingerprint density at radius 3 is 0.746 bits per heavy atom. The minimum atomic E-state index is -4.55. The highest BCUT2D eigenvalue weighted by molar-refractivity contribution is 6.13. The zero-order valence-corrected chi connectivity index (χ0v) is 65.0. The average Bonchev–Trinajstić information content (AvgIpc) is 1.57. The van der Waals surface area contributed by atoms with E-state index in [2.05, 4.69) is 164 Å². The van der Waals surface area contributed by atoms with Gasteiger partial charge in [0.25, 0.3) is 0 Å². The minimum Gasteiger partial charge on any atom is -0.309 e. The van der Waals surface area contributed by atoms with E-state index in [0.717, 1.165) is 144 Å². The molecule has 8 nitrogen and oxygen atoms in total. The molecule has 19 aromatic rings. The van der Waals surface area contributed by atoms with Crippen LogP contribution in [0.15, 0.2) is 328 Å². The summed E-state index contributed by atoms with van der Waals surface area (Å²) in [5, 5.41) is 3.49. The number of aromatic nitrogens is 8. The van der Waals surface area contributed by atoms with Crippen LogP contribution in [-0.2, 0) is 12.4 Å². The predicted molar refractivity (Wildman–Crippen MR) is 466 cm³/mol. The third-order valence-electron chi connectivity index (χ3n) is 22.0. The van der Waals surface area contributed by atoms with Gasteiger partial charge in [-0.2, -0.15) is 26.3 Å². The lowest BCUT2D eigenvalue weighted by Crippen LogP contribution is -2.05. The van der Waals surface area contributed by atoms with Crippen LogP contribution in [0, 0.1) is 41.5 Å². The third kappa shape index (κ3) is 14.1. The molecule has 0 bridgehead atoms. The molecule has 15 aromatic carbocycles. The Labute approximate surface area is 677 Å². The number of alkyl halides is 6. The van der Waals surface area contributed by atoms with Crippen molar-refractivity contribution in [3.05, 3.63) is 372 Å². The highest BCUT2D eigenvalue weighted by Crippen LogP contribution is 2.46. The van der Waals surface area contributed by atoms with Crippen LogP contribution in [0.4, 0.5) is 26.3 Å². The van der Waals surface area contributed by atoms with Crippen LogP contribution in [0.25, 0.3) is 190 Å². The lowest BCUT2D eigenvalue weighted by molar-refractivity contribution is -0.138. The molecule has 0 saturated carbocycles. The van der Waals surface area contributed by atoms with Crippen molar-refractivity contribution in [3.63, 3.8) is 0 Å². The van der Waals surface area contributed by atoms with Crippen LogP contribution in [0.3, 0.4) is 0 Å². The van der Waals surface area contributed by atoms with Gasteiger partial charge in [-0.15, -0.1) is 0 Å². The Balaban J connectivity index is 0.844. The van der Waals surface area contributed by atoms with Crippen molar-refractivity contribution < 1.29 is 26.3 Å². The van der Waals surface area contributed by atoms with E-state index in [1.54, 1.807) is 26.0 Å². The summed E-state index contributed by atoms with van der Waals surface area (Å²) in [6.45, 7) is 11.7. The summed E-state index contributed by atoms with van der Waals surface area (Å²) in [6, 6.07) is 107. The van der Waals surface area contributed by atoms with Crippen molar-refractivity contribution in [3.8, 4) is 146 Å². The Kier molecular flexibility index (Phi) is 18.4. The molecule has 118 heavy (non-hydrogen) atoms. The summed E-state index contributed by atoms with van der Waals surface area (Å²) in [7, 11) is 0. The molecule has 0 aliphatic rings. The van der Waals surface area contributed by atoms with E-state index in [1.165, 1.54) is 24.3 Å². The molecule has 0 saturated heterocycles. The van der Waals surface area contributed by atoms with Gasteiger partial charge >= 0.3 is 12.4 Å². The summed E-state index contributed by atoms with van der Waals surface area (Å²) in [5.41, 5.74) is 22.9. The number of fused-ring (bicyclic) bond motifs is 6. The monoisotopic (exact) mass is 1550 g/mol. The maximum atomic E-state index is 14.6. The van der Waals surface area contributed by atoms with Gasteiger partial charge in [0.05, 0.1) is 33.2 Å². The molecule has 14 heteroatoms. The SMILES string of the molecule is Cc1cc(C)cc(-c2ccc3c(c2)c2cc(-c4cc(C)cc(C(F)(F)F)c4)ccc2n3-c2ccc(-c3cccc(-c4ccc(-n5c6ccc(-c7cc(C)cc(C)c7)cc6c6cc(-c7cc(C)cc(C(F)(F)F)c7)ccc65)cc4-c4nc(-c5ccccc5)nc(-c5ccccc5)n4)c3)c(-c3nc(-c4ccccc4)nc(-c4ccccc4)n3)c2)c1. The smallest absolute Gasteiger partial charge is 0.309 e. The lowest BCUT2D eigenvalue weighted by Gasteiger charge is -2.18.